The lowest BCUT2D eigenvalue weighted by molar-refractivity contribution is 0.0126. The summed E-state index contributed by atoms with van der Waals surface area (Å²) in [6.45, 7) is 4.63. The minimum atomic E-state index is -1.60. The Balaban J connectivity index is 2.66. The van der Waals surface area contributed by atoms with Crippen molar-refractivity contribution in [3.63, 3.8) is 0 Å². The van der Waals surface area contributed by atoms with Crippen molar-refractivity contribution >= 4 is 17.7 Å². The number of aliphatic hydroxyl groups is 2. The average molecular weight is 338 g/mol. The van der Waals surface area contributed by atoms with Crippen LogP contribution in [0, 0.1) is 11.6 Å². The highest BCUT2D eigenvalue weighted by atomic mass is 35.5. The van der Waals surface area contributed by atoms with Crippen molar-refractivity contribution in [1.29, 1.82) is 0 Å². The van der Waals surface area contributed by atoms with Gasteiger partial charge in [0.2, 0.25) is 0 Å². The first-order valence-corrected chi connectivity index (χ1v) is 6.86. The molecule has 2 unspecified atom stereocenters. The zero-order valence-electron chi connectivity index (χ0n) is 12.4. The van der Waals surface area contributed by atoms with Gasteiger partial charge in [0.1, 0.15) is 34.5 Å². The number of rotatable bonds is 4. The van der Waals surface area contributed by atoms with Gasteiger partial charge < -0.3 is 20.3 Å². The van der Waals surface area contributed by atoms with E-state index < -0.39 is 40.6 Å². The third-order valence-corrected chi connectivity index (χ3v) is 2.93. The fraction of sp³-hybridized carbons (Fsp3) is 0.500. The predicted molar refractivity (Wildman–Crippen MR) is 76.6 cm³/mol. The monoisotopic (exact) mass is 337 g/mol. The maximum atomic E-state index is 13.3. The second kappa shape index (κ2) is 7.21. The van der Waals surface area contributed by atoms with Gasteiger partial charge in [-0.25, -0.2) is 13.6 Å². The highest BCUT2D eigenvalue weighted by molar-refractivity contribution is 6.30. The Morgan fingerprint density at radius 2 is 1.82 bits per heavy atom. The molecule has 0 heterocycles. The topological polar surface area (TPSA) is 78.8 Å². The lowest BCUT2D eigenvalue weighted by Gasteiger charge is -2.22. The Kier molecular flexibility index (Phi) is 6.10. The zero-order chi connectivity index (χ0) is 17.1. The highest BCUT2D eigenvalue weighted by Gasteiger charge is 2.23. The van der Waals surface area contributed by atoms with Crippen LogP contribution in [0.15, 0.2) is 12.1 Å². The molecule has 3 N–H and O–H groups in total. The molecular formula is C14H18ClF2NO4. The van der Waals surface area contributed by atoms with E-state index in [-0.39, 0.29) is 12.1 Å². The molecule has 2 atom stereocenters. The third kappa shape index (κ3) is 5.40. The molecule has 0 bridgehead atoms. The molecule has 0 fully saturated rings. The van der Waals surface area contributed by atoms with Gasteiger partial charge in [-0.3, -0.25) is 0 Å². The molecule has 0 saturated carbocycles. The molecule has 0 radical (unpaired) electrons. The second-order valence-corrected chi connectivity index (χ2v) is 6.07. The molecule has 8 heteroatoms. The van der Waals surface area contributed by atoms with E-state index in [1.165, 1.54) is 0 Å². The number of aliphatic hydroxyl groups excluding tert-OH is 2. The first-order valence-electron chi connectivity index (χ1n) is 6.48. The highest BCUT2D eigenvalue weighted by Crippen LogP contribution is 2.25. The quantitative estimate of drug-likeness (QED) is 0.738. The predicted octanol–water partition coefficient (Wildman–Crippen LogP) is 2.54. The number of nitrogens with one attached hydrogen (secondary N) is 1. The van der Waals surface area contributed by atoms with E-state index in [4.69, 9.17) is 16.3 Å². The van der Waals surface area contributed by atoms with Crippen LogP contribution in [0.25, 0.3) is 0 Å². The van der Waals surface area contributed by atoms with Crippen LogP contribution in [0.3, 0.4) is 0 Å². The Morgan fingerprint density at radius 3 is 2.27 bits per heavy atom. The van der Waals surface area contributed by atoms with E-state index in [1.807, 2.05) is 0 Å². The fourth-order valence-corrected chi connectivity index (χ4v) is 1.69. The van der Waals surface area contributed by atoms with Crippen LogP contribution in [0.5, 0.6) is 0 Å². The lowest BCUT2D eigenvalue weighted by Crippen LogP contribution is -2.38. The number of ether oxygens (including phenoxy) is 1. The van der Waals surface area contributed by atoms with Gasteiger partial charge in [0.15, 0.2) is 0 Å². The maximum Gasteiger partial charge on any atom is 0.407 e. The molecule has 1 aromatic rings. The average Bonchev–Trinajstić information content (AvgIpc) is 2.38. The van der Waals surface area contributed by atoms with Gasteiger partial charge >= 0.3 is 6.09 Å². The van der Waals surface area contributed by atoms with Gasteiger partial charge in [0.05, 0.1) is 0 Å². The van der Waals surface area contributed by atoms with E-state index in [9.17, 15) is 23.8 Å². The number of carbonyl (C=O) groups is 1. The van der Waals surface area contributed by atoms with Crippen LogP contribution in [0.1, 0.15) is 32.4 Å². The largest absolute Gasteiger partial charge is 0.444 e. The Hall–Kier alpha value is -1.44. The number of amides is 1. The third-order valence-electron chi connectivity index (χ3n) is 2.57. The summed E-state index contributed by atoms with van der Waals surface area (Å²) in [7, 11) is 0. The van der Waals surface area contributed by atoms with E-state index in [2.05, 4.69) is 5.32 Å². The van der Waals surface area contributed by atoms with Crippen LogP contribution in [-0.2, 0) is 4.74 Å². The van der Waals surface area contributed by atoms with Gasteiger partial charge in [0.25, 0.3) is 0 Å². The molecule has 1 aromatic carbocycles. The van der Waals surface area contributed by atoms with Crippen molar-refractivity contribution in [3.05, 3.63) is 34.4 Å². The summed E-state index contributed by atoms with van der Waals surface area (Å²) in [6, 6.07) is 1.62. The van der Waals surface area contributed by atoms with Crippen LogP contribution < -0.4 is 5.32 Å². The first kappa shape index (κ1) is 18.6. The summed E-state index contributed by atoms with van der Waals surface area (Å²) in [5.41, 5.74) is -0.909. The van der Waals surface area contributed by atoms with Crippen molar-refractivity contribution in [3.8, 4) is 0 Å². The molecule has 0 aromatic heterocycles. The van der Waals surface area contributed by atoms with Crippen LogP contribution in [0.4, 0.5) is 13.6 Å². The van der Waals surface area contributed by atoms with E-state index >= 15 is 0 Å². The van der Waals surface area contributed by atoms with Gasteiger partial charge in [-0.2, -0.15) is 0 Å². The number of alkyl carbamates (subject to hydrolysis) is 1. The van der Waals surface area contributed by atoms with Crippen LogP contribution >= 0.6 is 11.6 Å². The Bertz CT molecular complexity index is 525. The molecule has 0 saturated heterocycles. The van der Waals surface area contributed by atoms with Gasteiger partial charge in [-0.15, -0.1) is 0 Å². The second-order valence-electron chi connectivity index (χ2n) is 5.69. The van der Waals surface area contributed by atoms with Crippen molar-refractivity contribution in [1.82, 2.24) is 5.32 Å². The van der Waals surface area contributed by atoms with Gasteiger partial charge in [-0.1, -0.05) is 11.6 Å². The molecule has 0 aliphatic carbocycles. The molecule has 5 nitrogen and oxygen atoms in total. The summed E-state index contributed by atoms with van der Waals surface area (Å²) < 4.78 is 31.6. The molecule has 0 aliphatic rings. The number of carbonyl (C=O) groups excluding carboxylic acids is 1. The summed E-state index contributed by atoms with van der Waals surface area (Å²) in [5, 5.41) is 21.2. The molecule has 1 amide bonds. The lowest BCUT2D eigenvalue weighted by atomic mass is 10.0. The van der Waals surface area contributed by atoms with Crippen LogP contribution in [-0.4, -0.2) is 34.6 Å². The van der Waals surface area contributed by atoms with Crippen molar-refractivity contribution in [2.75, 3.05) is 6.54 Å². The number of hydrogen-bond acceptors (Lipinski definition) is 4. The van der Waals surface area contributed by atoms with E-state index in [0.29, 0.717) is 0 Å². The fourth-order valence-electron chi connectivity index (χ4n) is 1.58. The summed E-state index contributed by atoms with van der Waals surface area (Å²) in [4.78, 5) is 11.4. The standard InChI is InChI=1S/C14H18ClF2NO4/c1-14(2,3)22-13(21)18-6-10(19)12(20)7-4-8(16)11(15)9(17)5-7/h4-5,10,12,19-20H,6H2,1-3H3,(H,18,21). The molecule has 124 valence electrons. The molecule has 22 heavy (non-hydrogen) atoms. The summed E-state index contributed by atoms with van der Waals surface area (Å²) in [6.07, 6.45) is -3.86. The number of benzene rings is 1. The number of hydrogen-bond donors (Lipinski definition) is 3. The molecular weight excluding hydrogens is 320 g/mol. The maximum absolute atomic E-state index is 13.3. The molecule has 1 rings (SSSR count). The minimum absolute atomic E-state index is 0.196. The van der Waals surface area contributed by atoms with E-state index in [0.717, 1.165) is 12.1 Å². The Labute approximate surface area is 131 Å². The zero-order valence-corrected chi connectivity index (χ0v) is 13.1. The Morgan fingerprint density at radius 1 is 1.32 bits per heavy atom. The molecule has 0 aliphatic heterocycles. The SMILES string of the molecule is CC(C)(C)OC(=O)NCC(O)C(O)c1cc(F)c(Cl)c(F)c1. The van der Waals surface area contributed by atoms with Crippen LogP contribution in [0.2, 0.25) is 5.02 Å². The molecule has 0 spiro atoms. The smallest absolute Gasteiger partial charge is 0.407 e. The van der Waals surface area contributed by atoms with Crippen molar-refractivity contribution in [2.45, 2.75) is 38.6 Å². The van der Waals surface area contributed by atoms with Crippen molar-refractivity contribution in [2.24, 2.45) is 0 Å². The normalized spacial score (nSPS) is 14.4. The van der Waals surface area contributed by atoms with E-state index in [1.54, 1.807) is 20.8 Å². The van der Waals surface area contributed by atoms with Crippen molar-refractivity contribution < 1.29 is 28.5 Å². The summed E-state index contributed by atoms with van der Waals surface area (Å²) in [5.74, 6) is -2.11. The van der Waals surface area contributed by atoms with Gasteiger partial charge in [-0.05, 0) is 38.5 Å². The van der Waals surface area contributed by atoms with Gasteiger partial charge in [0, 0.05) is 6.54 Å². The minimum Gasteiger partial charge on any atom is -0.444 e. The summed E-state index contributed by atoms with van der Waals surface area (Å²) >= 11 is 5.33. The number of halogens is 3. The first-order chi connectivity index (χ1) is 10.0.